The molecule has 0 fully saturated rings. The Labute approximate surface area is 158 Å². The minimum Gasteiger partial charge on any atom is -0.494 e. The monoisotopic (exact) mass is 374 g/mol. The SMILES string of the molecule is CNC(=O)c1ccc(CNC(=O)CCCOc2ccc(Cl)c(C)c2)cc1. The minimum absolute atomic E-state index is 0.0312. The van der Waals surface area contributed by atoms with Gasteiger partial charge in [-0.05, 0) is 54.8 Å². The van der Waals surface area contributed by atoms with E-state index in [1.165, 1.54) is 0 Å². The van der Waals surface area contributed by atoms with E-state index in [1.54, 1.807) is 25.2 Å². The van der Waals surface area contributed by atoms with Gasteiger partial charge >= 0.3 is 0 Å². The molecular formula is C20H23ClN2O3. The average molecular weight is 375 g/mol. The number of carbonyl (C=O) groups excluding carboxylic acids is 2. The van der Waals surface area contributed by atoms with Crippen LogP contribution in [0.15, 0.2) is 42.5 Å². The predicted molar refractivity (Wildman–Crippen MR) is 103 cm³/mol. The van der Waals surface area contributed by atoms with Gasteiger partial charge in [0, 0.05) is 30.6 Å². The van der Waals surface area contributed by atoms with Crippen molar-refractivity contribution in [1.29, 1.82) is 0 Å². The molecule has 0 saturated carbocycles. The van der Waals surface area contributed by atoms with Gasteiger partial charge in [0.25, 0.3) is 5.91 Å². The fraction of sp³-hybridized carbons (Fsp3) is 0.300. The van der Waals surface area contributed by atoms with E-state index in [2.05, 4.69) is 10.6 Å². The third-order valence-corrected chi connectivity index (χ3v) is 4.30. The number of halogens is 1. The van der Waals surface area contributed by atoms with Crippen molar-refractivity contribution in [3.63, 3.8) is 0 Å². The first-order valence-corrected chi connectivity index (χ1v) is 8.84. The molecule has 2 aromatic rings. The first-order chi connectivity index (χ1) is 12.5. The van der Waals surface area contributed by atoms with E-state index >= 15 is 0 Å². The van der Waals surface area contributed by atoms with E-state index in [0.29, 0.717) is 36.6 Å². The Bertz CT molecular complexity index is 760. The highest BCUT2D eigenvalue weighted by Crippen LogP contribution is 2.21. The van der Waals surface area contributed by atoms with Crippen molar-refractivity contribution in [1.82, 2.24) is 10.6 Å². The molecule has 5 nitrogen and oxygen atoms in total. The second kappa shape index (κ2) is 9.82. The molecule has 2 amide bonds. The van der Waals surface area contributed by atoms with Gasteiger partial charge in [0.15, 0.2) is 0 Å². The normalized spacial score (nSPS) is 10.3. The van der Waals surface area contributed by atoms with Gasteiger partial charge in [0.2, 0.25) is 5.91 Å². The van der Waals surface area contributed by atoms with Crippen molar-refractivity contribution in [2.45, 2.75) is 26.3 Å². The van der Waals surface area contributed by atoms with Crippen molar-refractivity contribution in [2.75, 3.05) is 13.7 Å². The van der Waals surface area contributed by atoms with Gasteiger partial charge in [-0.25, -0.2) is 0 Å². The zero-order valence-corrected chi connectivity index (χ0v) is 15.7. The number of hydrogen-bond acceptors (Lipinski definition) is 3. The lowest BCUT2D eigenvalue weighted by molar-refractivity contribution is -0.121. The van der Waals surface area contributed by atoms with Crippen molar-refractivity contribution in [3.8, 4) is 5.75 Å². The molecule has 0 bridgehead atoms. The van der Waals surface area contributed by atoms with Gasteiger partial charge in [0.1, 0.15) is 5.75 Å². The molecule has 0 aromatic heterocycles. The summed E-state index contributed by atoms with van der Waals surface area (Å²) in [5, 5.41) is 6.14. The summed E-state index contributed by atoms with van der Waals surface area (Å²) in [5.41, 5.74) is 2.50. The Morgan fingerprint density at radius 3 is 2.50 bits per heavy atom. The molecule has 0 saturated heterocycles. The number of benzene rings is 2. The zero-order chi connectivity index (χ0) is 18.9. The van der Waals surface area contributed by atoms with E-state index in [-0.39, 0.29) is 11.8 Å². The zero-order valence-electron chi connectivity index (χ0n) is 15.0. The van der Waals surface area contributed by atoms with E-state index in [0.717, 1.165) is 16.9 Å². The number of amides is 2. The van der Waals surface area contributed by atoms with Crippen LogP contribution in [0.2, 0.25) is 5.02 Å². The molecular weight excluding hydrogens is 352 g/mol. The first-order valence-electron chi connectivity index (χ1n) is 8.46. The molecule has 2 N–H and O–H groups in total. The molecule has 2 aromatic carbocycles. The number of hydrogen-bond donors (Lipinski definition) is 2. The van der Waals surface area contributed by atoms with E-state index in [4.69, 9.17) is 16.3 Å². The third-order valence-electron chi connectivity index (χ3n) is 3.88. The highest BCUT2D eigenvalue weighted by molar-refractivity contribution is 6.31. The summed E-state index contributed by atoms with van der Waals surface area (Å²) in [7, 11) is 1.59. The highest BCUT2D eigenvalue weighted by atomic mass is 35.5. The maximum absolute atomic E-state index is 11.9. The molecule has 26 heavy (non-hydrogen) atoms. The molecule has 0 atom stereocenters. The van der Waals surface area contributed by atoms with Crippen LogP contribution in [0.3, 0.4) is 0 Å². The van der Waals surface area contributed by atoms with Gasteiger partial charge in [-0.2, -0.15) is 0 Å². The summed E-state index contributed by atoms with van der Waals surface area (Å²) in [5.74, 6) is 0.594. The van der Waals surface area contributed by atoms with Gasteiger partial charge in [-0.15, -0.1) is 0 Å². The fourth-order valence-electron chi connectivity index (χ4n) is 2.34. The van der Waals surface area contributed by atoms with Gasteiger partial charge in [0.05, 0.1) is 6.61 Å². The second-order valence-corrected chi connectivity index (χ2v) is 6.32. The highest BCUT2D eigenvalue weighted by Gasteiger charge is 2.05. The minimum atomic E-state index is -0.128. The third kappa shape index (κ3) is 6.08. The van der Waals surface area contributed by atoms with E-state index < -0.39 is 0 Å². The Hall–Kier alpha value is -2.53. The van der Waals surface area contributed by atoms with Crippen LogP contribution in [0.25, 0.3) is 0 Å². The number of rotatable bonds is 8. The Balaban J connectivity index is 1.67. The van der Waals surface area contributed by atoms with Crippen molar-refractivity contribution < 1.29 is 14.3 Å². The fourth-order valence-corrected chi connectivity index (χ4v) is 2.45. The average Bonchev–Trinajstić information content (AvgIpc) is 2.66. The quantitative estimate of drug-likeness (QED) is 0.695. The van der Waals surface area contributed by atoms with E-state index in [9.17, 15) is 9.59 Å². The van der Waals surface area contributed by atoms with Crippen molar-refractivity contribution in [3.05, 3.63) is 64.2 Å². The van der Waals surface area contributed by atoms with Crippen LogP contribution in [0.5, 0.6) is 5.75 Å². The topological polar surface area (TPSA) is 67.4 Å². The molecule has 0 aliphatic rings. The van der Waals surface area contributed by atoms with E-state index in [1.807, 2.05) is 31.2 Å². The van der Waals surface area contributed by atoms with Crippen LogP contribution < -0.4 is 15.4 Å². The smallest absolute Gasteiger partial charge is 0.251 e. The Morgan fingerprint density at radius 1 is 1.12 bits per heavy atom. The van der Waals surface area contributed by atoms with Crippen LogP contribution in [-0.2, 0) is 11.3 Å². The molecule has 2 rings (SSSR count). The lowest BCUT2D eigenvalue weighted by Gasteiger charge is -2.09. The summed E-state index contributed by atoms with van der Waals surface area (Å²) < 4.78 is 5.62. The Morgan fingerprint density at radius 2 is 1.85 bits per heavy atom. The molecule has 0 spiro atoms. The maximum atomic E-state index is 11.9. The largest absolute Gasteiger partial charge is 0.494 e. The molecule has 138 valence electrons. The van der Waals surface area contributed by atoms with Gasteiger partial charge < -0.3 is 15.4 Å². The summed E-state index contributed by atoms with van der Waals surface area (Å²) in [6, 6.07) is 12.6. The van der Waals surface area contributed by atoms with Crippen LogP contribution in [0.1, 0.15) is 34.3 Å². The lowest BCUT2D eigenvalue weighted by atomic mass is 10.1. The molecule has 0 heterocycles. The summed E-state index contributed by atoms with van der Waals surface area (Å²) in [4.78, 5) is 23.4. The van der Waals surface area contributed by atoms with Crippen LogP contribution >= 0.6 is 11.6 Å². The van der Waals surface area contributed by atoms with Crippen molar-refractivity contribution >= 4 is 23.4 Å². The molecule has 0 aliphatic heterocycles. The van der Waals surface area contributed by atoms with Crippen LogP contribution in [-0.4, -0.2) is 25.5 Å². The summed E-state index contributed by atoms with van der Waals surface area (Å²) >= 11 is 5.97. The van der Waals surface area contributed by atoms with Gasteiger partial charge in [-0.1, -0.05) is 23.7 Å². The van der Waals surface area contributed by atoms with Crippen molar-refractivity contribution in [2.24, 2.45) is 0 Å². The Kier molecular flexibility index (Phi) is 7.48. The van der Waals surface area contributed by atoms with Crippen LogP contribution in [0.4, 0.5) is 0 Å². The number of aryl methyl sites for hydroxylation is 1. The summed E-state index contributed by atoms with van der Waals surface area (Å²) in [6.07, 6.45) is 1.02. The molecule has 0 unspecified atom stereocenters. The lowest BCUT2D eigenvalue weighted by Crippen LogP contribution is -2.23. The molecule has 0 aliphatic carbocycles. The molecule has 6 heteroatoms. The maximum Gasteiger partial charge on any atom is 0.251 e. The first kappa shape index (κ1) is 19.8. The molecule has 0 radical (unpaired) electrons. The standard InChI is InChI=1S/C20H23ClN2O3/c1-14-12-17(9-10-18(14)21)26-11-3-4-19(24)23-13-15-5-7-16(8-6-15)20(25)22-2/h5-10,12H,3-4,11,13H2,1-2H3,(H,22,25)(H,23,24). The second-order valence-electron chi connectivity index (χ2n) is 5.92. The number of carbonyl (C=O) groups is 2. The van der Waals surface area contributed by atoms with Gasteiger partial charge in [-0.3, -0.25) is 9.59 Å². The predicted octanol–water partition coefficient (Wildman–Crippen LogP) is 3.48. The van der Waals surface area contributed by atoms with Crippen LogP contribution in [0, 0.1) is 6.92 Å². The number of ether oxygens (including phenoxy) is 1. The summed E-state index contributed by atoms with van der Waals surface area (Å²) in [6.45, 7) is 2.82. The number of nitrogens with one attached hydrogen (secondary N) is 2.